The maximum atomic E-state index is 12.3. The first-order chi connectivity index (χ1) is 14.2. The number of thiazole rings is 1. The van der Waals surface area contributed by atoms with Gasteiger partial charge in [-0.1, -0.05) is 0 Å². The Kier molecular flexibility index (Phi) is 5.28. The van der Waals surface area contributed by atoms with Gasteiger partial charge in [0.15, 0.2) is 5.82 Å². The predicted octanol–water partition coefficient (Wildman–Crippen LogP) is 2.68. The van der Waals surface area contributed by atoms with Crippen molar-refractivity contribution in [2.75, 3.05) is 13.1 Å². The van der Waals surface area contributed by atoms with Crippen LogP contribution in [0.15, 0.2) is 35.4 Å². The number of fused-ring (bicyclic) bond motifs is 1. The fourth-order valence-corrected chi connectivity index (χ4v) is 5.53. The molecule has 29 heavy (non-hydrogen) atoms. The molecule has 7 nitrogen and oxygen atoms in total. The van der Waals surface area contributed by atoms with Gasteiger partial charge in [-0.05, 0) is 69.7 Å². The molecule has 1 aliphatic carbocycles. The molecule has 2 aliphatic rings. The van der Waals surface area contributed by atoms with E-state index in [9.17, 15) is 4.79 Å². The van der Waals surface area contributed by atoms with E-state index in [-0.39, 0.29) is 5.56 Å². The van der Waals surface area contributed by atoms with E-state index in [0.717, 1.165) is 38.9 Å². The summed E-state index contributed by atoms with van der Waals surface area (Å²) in [6.45, 7) is 3.76. The molecule has 1 saturated heterocycles. The average Bonchev–Trinajstić information content (AvgIpc) is 3.40. The zero-order chi connectivity index (χ0) is 19.6. The number of rotatable bonds is 5. The van der Waals surface area contributed by atoms with E-state index in [1.165, 1.54) is 34.8 Å². The second-order valence-corrected chi connectivity index (χ2v) is 9.23. The van der Waals surface area contributed by atoms with Crippen molar-refractivity contribution in [3.63, 3.8) is 0 Å². The molecule has 3 aromatic rings. The monoisotopic (exact) mass is 410 g/mol. The normalized spacial score (nSPS) is 18.1. The summed E-state index contributed by atoms with van der Waals surface area (Å²) in [4.78, 5) is 21.2. The Morgan fingerprint density at radius 2 is 2.00 bits per heavy atom. The summed E-state index contributed by atoms with van der Waals surface area (Å²) < 4.78 is 3.29. The summed E-state index contributed by atoms with van der Waals surface area (Å²) in [5, 5.41) is 10.00. The fraction of sp³-hybridized carbons (Fsp3) is 0.524. The third-order valence-electron chi connectivity index (χ3n) is 5.98. The number of piperidine rings is 1. The van der Waals surface area contributed by atoms with E-state index < -0.39 is 0 Å². The first-order valence-corrected chi connectivity index (χ1v) is 11.3. The molecule has 8 heteroatoms. The topological polar surface area (TPSA) is 68.8 Å². The summed E-state index contributed by atoms with van der Waals surface area (Å²) in [6, 6.07) is 5.16. The summed E-state index contributed by atoms with van der Waals surface area (Å²) >= 11 is 1.92. The third kappa shape index (κ3) is 4.18. The van der Waals surface area contributed by atoms with Gasteiger partial charge in [-0.3, -0.25) is 9.69 Å². The summed E-state index contributed by atoms with van der Waals surface area (Å²) in [5.41, 5.74) is 1.31. The lowest BCUT2D eigenvalue weighted by atomic mass is 9.97. The maximum Gasteiger partial charge on any atom is 0.266 e. The molecule has 152 valence electrons. The lowest BCUT2D eigenvalue weighted by molar-refractivity contribution is 0.163. The quantitative estimate of drug-likeness (QED) is 0.647. The van der Waals surface area contributed by atoms with E-state index >= 15 is 0 Å². The lowest BCUT2D eigenvalue weighted by Gasteiger charge is -2.31. The molecule has 0 saturated carbocycles. The van der Waals surface area contributed by atoms with Crippen LogP contribution < -0.4 is 5.56 Å². The SMILES string of the molecule is O=c1ccc(-n2cccn2)nn1CC1CCN(Cc2nc3c(s2)CCCC3)CC1. The Morgan fingerprint density at radius 3 is 2.79 bits per heavy atom. The highest BCUT2D eigenvalue weighted by Gasteiger charge is 2.22. The van der Waals surface area contributed by atoms with Gasteiger partial charge < -0.3 is 0 Å². The highest BCUT2D eigenvalue weighted by atomic mass is 32.1. The third-order valence-corrected chi connectivity index (χ3v) is 7.12. The Bertz CT molecular complexity index is 993. The van der Waals surface area contributed by atoms with Crippen LogP contribution in [0.4, 0.5) is 0 Å². The largest absolute Gasteiger partial charge is 0.297 e. The van der Waals surface area contributed by atoms with E-state index in [1.54, 1.807) is 27.7 Å². The van der Waals surface area contributed by atoms with Gasteiger partial charge in [-0.2, -0.15) is 5.10 Å². The van der Waals surface area contributed by atoms with Crippen LogP contribution >= 0.6 is 11.3 Å². The molecule has 0 bridgehead atoms. The minimum atomic E-state index is -0.0447. The molecular weight excluding hydrogens is 384 g/mol. The maximum absolute atomic E-state index is 12.3. The van der Waals surface area contributed by atoms with E-state index in [2.05, 4.69) is 15.1 Å². The fourth-order valence-electron chi connectivity index (χ4n) is 4.33. The van der Waals surface area contributed by atoms with Gasteiger partial charge >= 0.3 is 0 Å². The minimum Gasteiger partial charge on any atom is -0.297 e. The van der Waals surface area contributed by atoms with Crippen molar-refractivity contribution in [1.82, 2.24) is 29.4 Å². The van der Waals surface area contributed by atoms with Gasteiger partial charge in [0, 0.05) is 29.9 Å². The van der Waals surface area contributed by atoms with Crippen molar-refractivity contribution in [2.24, 2.45) is 5.92 Å². The van der Waals surface area contributed by atoms with Crippen molar-refractivity contribution in [3.05, 3.63) is 56.5 Å². The molecule has 4 heterocycles. The van der Waals surface area contributed by atoms with Crippen LogP contribution in [0, 0.1) is 5.92 Å². The summed E-state index contributed by atoms with van der Waals surface area (Å²) in [6.07, 6.45) is 10.7. The van der Waals surface area contributed by atoms with Gasteiger partial charge in [0.2, 0.25) is 0 Å². The predicted molar refractivity (Wildman–Crippen MR) is 112 cm³/mol. The van der Waals surface area contributed by atoms with Crippen molar-refractivity contribution in [2.45, 2.75) is 51.6 Å². The molecule has 0 unspecified atom stereocenters. The molecule has 5 rings (SSSR count). The zero-order valence-corrected chi connectivity index (χ0v) is 17.4. The number of hydrogen-bond donors (Lipinski definition) is 0. The smallest absolute Gasteiger partial charge is 0.266 e. The molecule has 1 fully saturated rings. The van der Waals surface area contributed by atoms with E-state index in [0.29, 0.717) is 18.3 Å². The van der Waals surface area contributed by atoms with Crippen LogP contribution in [0.2, 0.25) is 0 Å². The molecule has 3 aromatic heterocycles. The molecule has 0 spiro atoms. The van der Waals surface area contributed by atoms with Gasteiger partial charge in [0.05, 0.1) is 12.2 Å². The summed E-state index contributed by atoms with van der Waals surface area (Å²) in [5.74, 6) is 1.16. The number of hydrogen-bond acceptors (Lipinski definition) is 6. The molecule has 1 aliphatic heterocycles. The Labute approximate surface area is 174 Å². The molecule has 0 N–H and O–H groups in total. The molecular formula is C21H26N6OS. The number of aryl methyl sites for hydroxylation is 2. The number of nitrogens with zero attached hydrogens (tertiary/aromatic N) is 6. The number of likely N-dealkylation sites (tertiary alicyclic amines) is 1. The van der Waals surface area contributed by atoms with Gasteiger partial charge in [-0.25, -0.2) is 14.3 Å². The second-order valence-electron chi connectivity index (χ2n) is 8.07. The van der Waals surface area contributed by atoms with Crippen LogP contribution in [0.1, 0.15) is 41.3 Å². The van der Waals surface area contributed by atoms with E-state index in [4.69, 9.17) is 4.98 Å². The van der Waals surface area contributed by atoms with Crippen molar-refractivity contribution in [1.29, 1.82) is 0 Å². The van der Waals surface area contributed by atoms with Crippen LogP contribution in [-0.4, -0.2) is 42.5 Å². The van der Waals surface area contributed by atoms with Gasteiger partial charge in [-0.15, -0.1) is 16.4 Å². The van der Waals surface area contributed by atoms with Crippen molar-refractivity contribution < 1.29 is 0 Å². The van der Waals surface area contributed by atoms with Crippen LogP contribution in [0.5, 0.6) is 0 Å². The molecule has 0 atom stereocenters. The average molecular weight is 411 g/mol. The first-order valence-electron chi connectivity index (χ1n) is 10.5. The van der Waals surface area contributed by atoms with Crippen LogP contribution in [0.25, 0.3) is 5.82 Å². The lowest BCUT2D eigenvalue weighted by Crippen LogP contribution is -2.36. The zero-order valence-electron chi connectivity index (χ0n) is 16.5. The van der Waals surface area contributed by atoms with Crippen LogP contribution in [0.3, 0.4) is 0 Å². The number of aromatic nitrogens is 5. The van der Waals surface area contributed by atoms with Crippen molar-refractivity contribution >= 4 is 11.3 Å². The van der Waals surface area contributed by atoms with E-state index in [1.807, 2.05) is 23.6 Å². The Hall–Kier alpha value is -2.32. The molecule has 0 radical (unpaired) electrons. The first kappa shape index (κ1) is 18.7. The molecule has 0 amide bonds. The standard InChI is InChI=1S/C21H26N6OS/c28-21-7-6-19(26-11-3-10-22-26)24-27(21)14-16-8-12-25(13-9-16)15-20-23-17-4-1-2-5-18(17)29-20/h3,6-7,10-11,16H,1-2,4-5,8-9,12-15H2. The minimum absolute atomic E-state index is 0.0447. The Morgan fingerprint density at radius 1 is 1.14 bits per heavy atom. The van der Waals surface area contributed by atoms with Crippen molar-refractivity contribution in [3.8, 4) is 5.82 Å². The summed E-state index contributed by atoms with van der Waals surface area (Å²) in [7, 11) is 0. The highest BCUT2D eigenvalue weighted by Crippen LogP contribution is 2.28. The molecule has 0 aromatic carbocycles. The highest BCUT2D eigenvalue weighted by molar-refractivity contribution is 7.11. The van der Waals surface area contributed by atoms with Gasteiger partial charge in [0.1, 0.15) is 5.01 Å². The second kappa shape index (κ2) is 8.20. The van der Waals surface area contributed by atoms with Gasteiger partial charge in [0.25, 0.3) is 5.56 Å². The Balaban J connectivity index is 1.19. The van der Waals surface area contributed by atoms with Crippen LogP contribution in [-0.2, 0) is 25.9 Å².